The zero-order chi connectivity index (χ0) is 16.1. The van der Waals surface area contributed by atoms with Crippen molar-refractivity contribution in [2.24, 2.45) is 11.7 Å². The molecule has 2 N–H and O–H groups in total. The van der Waals surface area contributed by atoms with Gasteiger partial charge in [-0.1, -0.05) is 24.3 Å². The maximum atomic E-state index is 12.8. The molecule has 1 aromatic rings. The molecule has 22 heavy (non-hydrogen) atoms. The number of hydrogen-bond donors (Lipinski definition) is 1. The molecule has 1 aliphatic rings. The monoisotopic (exact) mass is 303 g/mol. The molecule has 3 amide bonds. The molecule has 1 saturated heterocycles. The largest absolute Gasteiger partial charge is 0.351 e. The molecule has 5 heteroatoms. The summed E-state index contributed by atoms with van der Waals surface area (Å²) in [7, 11) is 0. The Hall–Kier alpha value is -2.04. The van der Waals surface area contributed by atoms with Gasteiger partial charge in [0.05, 0.1) is 5.92 Å². The fraction of sp³-hybridized carbons (Fsp3) is 0.529. The van der Waals surface area contributed by atoms with Crippen LogP contribution in [0.5, 0.6) is 0 Å². The molecule has 0 unspecified atom stereocenters. The summed E-state index contributed by atoms with van der Waals surface area (Å²) in [6.45, 7) is 6.44. The standard InChI is InChI=1S/C17H25N3O2/c1-3-19(11-14-8-5-4-7-13(14)2)16(21)15-9-6-10-20(12-15)17(18)22/h4-5,7-8,15H,3,6,9-12H2,1-2H3,(H2,18,22)/t15-/m0/s1. The van der Waals surface area contributed by atoms with Gasteiger partial charge in [0.1, 0.15) is 0 Å². The Morgan fingerprint density at radius 3 is 2.73 bits per heavy atom. The van der Waals surface area contributed by atoms with Crippen molar-refractivity contribution in [1.29, 1.82) is 0 Å². The average Bonchev–Trinajstić information content (AvgIpc) is 2.53. The van der Waals surface area contributed by atoms with E-state index < -0.39 is 6.03 Å². The van der Waals surface area contributed by atoms with Crippen molar-refractivity contribution in [3.05, 3.63) is 35.4 Å². The second-order valence-corrected chi connectivity index (χ2v) is 5.90. The molecular formula is C17H25N3O2. The van der Waals surface area contributed by atoms with Gasteiger partial charge in [-0.25, -0.2) is 4.79 Å². The van der Waals surface area contributed by atoms with Gasteiger partial charge in [-0.05, 0) is 37.8 Å². The molecule has 0 aromatic heterocycles. The van der Waals surface area contributed by atoms with E-state index in [0.29, 0.717) is 26.2 Å². The van der Waals surface area contributed by atoms with Gasteiger partial charge in [0.25, 0.3) is 0 Å². The summed E-state index contributed by atoms with van der Waals surface area (Å²) in [6.07, 6.45) is 1.66. The number of carbonyl (C=O) groups excluding carboxylic acids is 2. The van der Waals surface area contributed by atoms with Crippen LogP contribution in [0.3, 0.4) is 0 Å². The number of piperidine rings is 1. The van der Waals surface area contributed by atoms with Crippen LogP contribution in [0.2, 0.25) is 0 Å². The molecule has 5 nitrogen and oxygen atoms in total. The van der Waals surface area contributed by atoms with Crippen LogP contribution in [0.25, 0.3) is 0 Å². The molecule has 120 valence electrons. The lowest BCUT2D eigenvalue weighted by atomic mass is 9.96. The number of nitrogens with zero attached hydrogens (tertiary/aromatic N) is 2. The Kier molecular flexibility index (Phi) is 5.41. The molecule has 1 aromatic carbocycles. The maximum absolute atomic E-state index is 12.8. The zero-order valence-electron chi connectivity index (χ0n) is 13.4. The summed E-state index contributed by atoms with van der Waals surface area (Å²) in [4.78, 5) is 27.5. The van der Waals surface area contributed by atoms with Gasteiger partial charge in [-0.3, -0.25) is 4.79 Å². The Morgan fingerprint density at radius 1 is 1.36 bits per heavy atom. The molecule has 1 aliphatic heterocycles. The van der Waals surface area contributed by atoms with E-state index in [-0.39, 0.29) is 11.8 Å². The highest BCUT2D eigenvalue weighted by atomic mass is 16.2. The first-order chi connectivity index (χ1) is 10.5. The summed E-state index contributed by atoms with van der Waals surface area (Å²) in [6, 6.07) is 7.68. The van der Waals surface area contributed by atoms with Crippen LogP contribution < -0.4 is 5.73 Å². The molecule has 1 heterocycles. The Morgan fingerprint density at radius 2 is 2.09 bits per heavy atom. The topological polar surface area (TPSA) is 66.6 Å². The van der Waals surface area contributed by atoms with Gasteiger partial charge in [-0.15, -0.1) is 0 Å². The first-order valence-electron chi connectivity index (χ1n) is 7.90. The third-order valence-electron chi connectivity index (χ3n) is 4.40. The SMILES string of the molecule is CCN(Cc1ccccc1C)C(=O)[C@H]1CCCN(C(N)=O)C1. The number of primary amides is 1. The van der Waals surface area contributed by atoms with Crippen LogP contribution in [-0.2, 0) is 11.3 Å². The minimum Gasteiger partial charge on any atom is -0.351 e. The number of rotatable bonds is 4. The average molecular weight is 303 g/mol. The van der Waals surface area contributed by atoms with Crippen molar-refractivity contribution >= 4 is 11.9 Å². The quantitative estimate of drug-likeness (QED) is 0.926. The molecular weight excluding hydrogens is 278 g/mol. The van der Waals surface area contributed by atoms with Crippen LogP contribution in [0.1, 0.15) is 30.9 Å². The van der Waals surface area contributed by atoms with E-state index in [2.05, 4.69) is 19.1 Å². The lowest BCUT2D eigenvalue weighted by molar-refractivity contribution is -0.137. The van der Waals surface area contributed by atoms with Crippen molar-refractivity contribution in [2.45, 2.75) is 33.2 Å². The number of likely N-dealkylation sites (tertiary alicyclic amines) is 1. The Bertz CT molecular complexity index is 544. The molecule has 0 saturated carbocycles. The molecule has 1 atom stereocenters. The number of carbonyl (C=O) groups is 2. The summed E-state index contributed by atoms with van der Waals surface area (Å²) in [5, 5.41) is 0. The number of amides is 3. The van der Waals surface area contributed by atoms with Crippen LogP contribution in [0.4, 0.5) is 4.79 Å². The lowest BCUT2D eigenvalue weighted by Crippen LogP contribution is -2.48. The van der Waals surface area contributed by atoms with Crippen molar-refractivity contribution in [2.75, 3.05) is 19.6 Å². The second-order valence-electron chi connectivity index (χ2n) is 5.90. The summed E-state index contributed by atoms with van der Waals surface area (Å²) >= 11 is 0. The molecule has 0 bridgehead atoms. The highest BCUT2D eigenvalue weighted by Gasteiger charge is 2.30. The number of urea groups is 1. The van der Waals surface area contributed by atoms with Gasteiger partial charge >= 0.3 is 6.03 Å². The van der Waals surface area contributed by atoms with Gasteiger partial charge in [-0.2, -0.15) is 0 Å². The first-order valence-corrected chi connectivity index (χ1v) is 7.90. The van der Waals surface area contributed by atoms with Crippen molar-refractivity contribution in [3.8, 4) is 0 Å². The van der Waals surface area contributed by atoms with E-state index in [1.54, 1.807) is 4.90 Å². The van der Waals surface area contributed by atoms with Crippen molar-refractivity contribution in [1.82, 2.24) is 9.80 Å². The lowest BCUT2D eigenvalue weighted by Gasteiger charge is -2.34. The number of benzene rings is 1. The van der Waals surface area contributed by atoms with Crippen molar-refractivity contribution < 1.29 is 9.59 Å². The van der Waals surface area contributed by atoms with Crippen LogP contribution in [0, 0.1) is 12.8 Å². The van der Waals surface area contributed by atoms with Gasteiger partial charge in [0.2, 0.25) is 5.91 Å². The van der Waals surface area contributed by atoms with Crippen molar-refractivity contribution in [3.63, 3.8) is 0 Å². The van der Waals surface area contributed by atoms with Gasteiger partial charge < -0.3 is 15.5 Å². The predicted octanol–water partition coefficient (Wildman–Crippen LogP) is 2.13. The van der Waals surface area contributed by atoms with Crippen LogP contribution in [-0.4, -0.2) is 41.4 Å². The van der Waals surface area contributed by atoms with E-state index in [0.717, 1.165) is 12.8 Å². The number of aryl methyl sites for hydroxylation is 1. The van der Waals surface area contributed by atoms with E-state index >= 15 is 0 Å². The van der Waals surface area contributed by atoms with E-state index in [4.69, 9.17) is 5.73 Å². The summed E-state index contributed by atoms with van der Waals surface area (Å²) in [5.74, 6) is -0.0121. The number of hydrogen-bond acceptors (Lipinski definition) is 2. The smallest absolute Gasteiger partial charge is 0.314 e. The highest BCUT2D eigenvalue weighted by molar-refractivity contribution is 5.80. The predicted molar refractivity (Wildman–Crippen MR) is 86.2 cm³/mol. The van der Waals surface area contributed by atoms with Gasteiger partial charge in [0, 0.05) is 26.2 Å². The molecule has 0 radical (unpaired) electrons. The van der Waals surface area contributed by atoms with E-state index in [9.17, 15) is 9.59 Å². The van der Waals surface area contributed by atoms with Crippen LogP contribution in [0.15, 0.2) is 24.3 Å². The maximum Gasteiger partial charge on any atom is 0.314 e. The fourth-order valence-electron chi connectivity index (χ4n) is 2.98. The highest BCUT2D eigenvalue weighted by Crippen LogP contribution is 2.20. The van der Waals surface area contributed by atoms with E-state index in [1.165, 1.54) is 11.1 Å². The molecule has 0 aliphatic carbocycles. The molecule has 2 rings (SSSR count). The Labute approximate surface area is 132 Å². The second kappa shape index (κ2) is 7.29. The Balaban J connectivity index is 2.05. The minimum absolute atomic E-state index is 0.122. The van der Waals surface area contributed by atoms with E-state index in [1.807, 2.05) is 24.0 Å². The first kappa shape index (κ1) is 16.3. The summed E-state index contributed by atoms with van der Waals surface area (Å²) in [5.41, 5.74) is 7.70. The minimum atomic E-state index is -0.431. The van der Waals surface area contributed by atoms with Gasteiger partial charge in [0.15, 0.2) is 0 Å². The normalized spacial score (nSPS) is 18.1. The fourth-order valence-corrected chi connectivity index (χ4v) is 2.98. The number of nitrogens with two attached hydrogens (primary N) is 1. The third-order valence-corrected chi connectivity index (χ3v) is 4.40. The summed E-state index contributed by atoms with van der Waals surface area (Å²) < 4.78 is 0. The zero-order valence-corrected chi connectivity index (χ0v) is 13.4. The molecule has 1 fully saturated rings. The van der Waals surface area contributed by atoms with Crippen LogP contribution >= 0.6 is 0 Å². The third kappa shape index (κ3) is 3.78. The molecule has 0 spiro atoms.